The van der Waals surface area contributed by atoms with Crippen molar-refractivity contribution >= 4 is 5.91 Å². The molecule has 4 nitrogen and oxygen atoms in total. The molecule has 1 saturated heterocycles. The van der Waals surface area contributed by atoms with Gasteiger partial charge in [-0.1, -0.05) is 12.1 Å². The summed E-state index contributed by atoms with van der Waals surface area (Å²) in [5.74, 6) is -5.11. The molecule has 1 fully saturated rings. The van der Waals surface area contributed by atoms with E-state index >= 15 is 8.78 Å². The fourth-order valence-electron chi connectivity index (χ4n) is 3.37. The van der Waals surface area contributed by atoms with E-state index in [0.29, 0.717) is 12.0 Å². The molecular formula is C20H21F3N2O2. The largest absolute Gasteiger partial charge is 0.359 e. The maximum Gasteiger partial charge on any atom is 0.302 e. The van der Waals surface area contributed by atoms with Gasteiger partial charge >= 0.3 is 5.92 Å². The second-order valence-electron chi connectivity index (χ2n) is 7.40. The third-order valence-corrected chi connectivity index (χ3v) is 5.04. The first kappa shape index (κ1) is 19.4. The van der Waals surface area contributed by atoms with Crippen molar-refractivity contribution < 1.29 is 22.7 Å². The Morgan fingerprint density at radius 3 is 2.59 bits per heavy atom. The summed E-state index contributed by atoms with van der Waals surface area (Å²) in [6.07, 6.45) is 3.69. The van der Waals surface area contributed by atoms with Crippen molar-refractivity contribution in [3.63, 3.8) is 0 Å². The van der Waals surface area contributed by atoms with Crippen molar-refractivity contribution in [1.29, 1.82) is 0 Å². The van der Waals surface area contributed by atoms with E-state index in [9.17, 15) is 9.18 Å². The monoisotopic (exact) mass is 378 g/mol. The van der Waals surface area contributed by atoms with Gasteiger partial charge in [-0.05, 0) is 56.5 Å². The smallest absolute Gasteiger partial charge is 0.302 e. The summed E-state index contributed by atoms with van der Waals surface area (Å²) in [4.78, 5) is 16.1. The number of aromatic nitrogens is 1. The summed E-state index contributed by atoms with van der Waals surface area (Å²) in [5, 5.41) is 2.28. The molecule has 1 atom stereocenters. The number of pyridine rings is 1. The minimum absolute atomic E-state index is 0.277. The SMILES string of the molecule is CC1(C)OCC(=O)N[C@](C)(c2cc(Cc3cccnc3)ccc2F)C1(F)F. The van der Waals surface area contributed by atoms with Crippen molar-refractivity contribution in [2.45, 2.75) is 44.3 Å². The third-order valence-electron chi connectivity index (χ3n) is 5.04. The van der Waals surface area contributed by atoms with Crippen molar-refractivity contribution in [1.82, 2.24) is 10.3 Å². The number of rotatable bonds is 3. The van der Waals surface area contributed by atoms with Crippen LogP contribution in [0.3, 0.4) is 0 Å². The Hall–Kier alpha value is -2.41. The molecule has 1 amide bonds. The summed E-state index contributed by atoms with van der Waals surface area (Å²) >= 11 is 0. The van der Waals surface area contributed by atoms with Crippen molar-refractivity contribution in [2.24, 2.45) is 0 Å². The number of alkyl halides is 2. The van der Waals surface area contributed by atoms with E-state index in [4.69, 9.17) is 4.74 Å². The van der Waals surface area contributed by atoms with Crippen molar-refractivity contribution in [3.8, 4) is 0 Å². The molecule has 0 bridgehead atoms. The summed E-state index contributed by atoms with van der Waals surface area (Å²) in [6, 6.07) is 7.66. The molecular weight excluding hydrogens is 357 g/mol. The number of nitrogens with zero attached hydrogens (tertiary/aromatic N) is 1. The number of halogens is 3. The Balaban J connectivity index is 2.09. The zero-order valence-corrected chi connectivity index (χ0v) is 15.4. The molecule has 0 saturated carbocycles. The number of amides is 1. The van der Waals surface area contributed by atoms with Crippen molar-refractivity contribution in [3.05, 3.63) is 65.2 Å². The lowest BCUT2D eigenvalue weighted by atomic mass is 9.77. The highest BCUT2D eigenvalue weighted by atomic mass is 19.3. The lowest BCUT2D eigenvalue weighted by molar-refractivity contribution is -0.216. The van der Waals surface area contributed by atoms with E-state index in [1.54, 1.807) is 18.5 Å². The first-order valence-corrected chi connectivity index (χ1v) is 8.57. The number of hydrogen-bond acceptors (Lipinski definition) is 3. The van der Waals surface area contributed by atoms with Crippen LogP contribution in [-0.2, 0) is 21.5 Å². The highest BCUT2D eigenvalue weighted by Crippen LogP contribution is 2.48. The quantitative estimate of drug-likeness (QED) is 0.888. The topological polar surface area (TPSA) is 51.2 Å². The van der Waals surface area contributed by atoms with E-state index in [2.05, 4.69) is 10.3 Å². The summed E-state index contributed by atoms with van der Waals surface area (Å²) in [7, 11) is 0. The summed E-state index contributed by atoms with van der Waals surface area (Å²) < 4.78 is 50.5. The lowest BCUT2D eigenvalue weighted by Crippen LogP contribution is -2.62. The third kappa shape index (κ3) is 3.32. The molecule has 27 heavy (non-hydrogen) atoms. The summed E-state index contributed by atoms with van der Waals surface area (Å²) in [6.45, 7) is 3.01. The lowest BCUT2D eigenvalue weighted by Gasteiger charge is -2.43. The van der Waals surface area contributed by atoms with E-state index in [1.807, 2.05) is 6.07 Å². The van der Waals surface area contributed by atoms with E-state index < -0.39 is 35.4 Å². The molecule has 0 radical (unpaired) electrons. The summed E-state index contributed by atoms with van der Waals surface area (Å²) in [5.41, 5.74) is -3.01. The van der Waals surface area contributed by atoms with Crippen LogP contribution in [-0.4, -0.2) is 29.0 Å². The van der Waals surface area contributed by atoms with Crippen LogP contribution in [0.4, 0.5) is 13.2 Å². The van der Waals surface area contributed by atoms with E-state index in [1.165, 1.54) is 26.0 Å². The van der Waals surface area contributed by atoms with Gasteiger partial charge in [0.2, 0.25) is 5.91 Å². The van der Waals surface area contributed by atoms with Crippen LogP contribution in [0, 0.1) is 5.82 Å². The Morgan fingerprint density at radius 1 is 1.19 bits per heavy atom. The van der Waals surface area contributed by atoms with Gasteiger partial charge in [0.05, 0.1) is 0 Å². The highest BCUT2D eigenvalue weighted by Gasteiger charge is 2.64. The number of carbonyl (C=O) groups excluding carboxylic acids is 1. The van der Waals surface area contributed by atoms with Gasteiger partial charge in [-0.3, -0.25) is 9.78 Å². The van der Waals surface area contributed by atoms with Crippen LogP contribution in [0.2, 0.25) is 0 Å². The molecule has 3 rings (SSSR count). The van der Waals surface area contributed by atoms with Crippen LogP contribution < -0.4 is 5.32 Å². The normalized spacial score (nSPS) is 24.1. The number of nitrogens with one attached hydrogen (secondary N) is 1. The fourth-order valence-corrected chi connectivity index (χ4v) is 3.37. The standard InChI is InChI=1S/C20H21F3N2O2/c1-18(2)20(22,23)19(3,25-17(26)12-27-18)15-10-13(6-7-16(15)21)9-14-5-4-8-24-11-14/h4-8,10-11H,9,12H2,1-3H3,(H,25,26)/t19-/m1/s1. The molecule has 7 heteroatoms. The van der Waals surface area contributed by atoms with Crippen LogP contribution in [0.15, 0.2) is 42.7 Å². The van der Waals surface area contributed by atoms with Gasteiger partial charge in [0.1, 0.15) is 23.6 Å². The fraction of sp³-hybridized carbons (Fsp3) is 0.400. The Morgan fingerprint density at radius 2 is 1.93 bits per heavy atom. The molecule has 144 valence electrons. The zero-order chi connectivity index (χ0) is 19.9. The molecule has 0 spiro atoms. The number of hydrogen-bond donors (Lipinski definition) is 1. The average molecular weight is 378 g/mol. The first-order valence-electron chi connectivity index (χ1n) is 8.57. The number of ether oxygens (including phenoxy) is 1. The predicted octanol–water partition coefficient (Wildman–Crippen LogP) is 3.59. The first-order chi connectivity index (χ1) is 12.6. The van der Waals surface area contributed by atoms with Gasteiger partial charge in [0.25, 0.3) is 0 Å². The second kappa shape index (κ2) is 6.64. The van der Waals surface area contributed by atoms with Gasteiger partial charge in [-0.2, -0.15) is 0 Å². The van der Waals surface area contributed by atoms with Gasteiger partial charge in [-0.25, -0.2) is 13.2 Å². The molecule has 1 N–H and O–H groups in total. The number of benzene rings is 1. The van der Waals surface area contributed by atoms with Gasteiger partial charge < -0.3 is 10.1 Å². The Kier molecular flexibility index (Phi) is 4.76. The molecule has 1 aromatic carbocycles. The average Bonchev–Trinajstić information content (AvgIpc) is 2.67. The second-order valence-corrected chi connectivity index (χ2v) is 7.40. The van der Waals surface area contributed by atoms with Crippen LogP contribution >= 0.6 is 0 Å². The van der Waals surface area contributed by atoms with Crippen LogP contribution in [0.25, 0.3) is 0 Å². The van der Waals surface area contributed by atoms with Gasteiger partial charge in [0, 0.05) is 18.0 Å². The molecule has 2 aromatic rings. The van der Waals surface area contributed by atoms with Crippen LogP contribution in [0.1, 0.15) is 37.5 Å². The Labute approximate surface area is 155 Å². The van der Waals surface area contributed by atoms with Crippen molar-refractivity contribution in [2.75, 3.05) is 6.61 Å². The van der Waals surface area contributed by atoms with E-state index in [0.717, 1.165) is 18.6 Å². The maximum absolute atomic E-state index is 15.4. The molecule has 1 aromatic heterocycles. The van der Waals surface area contributed by atoms with Gasteiger partial charge in [-0.15, -0.1) is 0 Å². The minimum Gasteiger partial charge on any atom is -0.359 e. The van der Waals surface area contributed by atoms with Gasteiger partial charge in [0.15, 0.2) is 0 Å². The van der Waals surface area contributed by atoms with Crippen LogP contribution in [0.5, 0.6) is 0 Å². The molecule has 1 aliphatic rings. The molecule has 0 aliphatic carbocycles. The molecule has 2 heterocycles. The highest BCUT2D eigenvalue weighted by molar-refractivity contribution is 5.79. The predicted molar refractivity (Wildman–Crippen MR) is 93.9 cm³/mol. The number of carbonyl (C=O) groups is 1. The Bertz CT molecular complexity index is 856. The zero-order valence-electron chi connectivity index (χ0n) is 15.4. The molecule has 1 aliphatic heterocycles. The van der Waals surface area contributed by atoms with E-state index in [-0.39, 0.29) is 5.56 Å². The maximum atomic E-state index is 15.4. The minimum atomic E-state index is -3.57. The molecule has 0 unspecified atom stereocenters.